The van der Waals surface area contributed by atoms with Crippen molar-refractivity contribution >= 4 is 11.8 Å². The van der Waals surface area contributed by atoms with Crippen molar-refractivity contribution < 1.29 is 4.74 Å². The summed E-state index contributed by atoms with van der Waals surface area (Å²) in [6.45, 7) is 10.6. The predicted octanol–water partition coefficient (Wildman–Crippen LogP) is 4.26. The zero-order valence-electron chi connectivity index (χ0n) is 12.9. The van der Waals surface area contributed by atoms with Crippen molar-refractivity contribution in [3.05, 3.63) is 42.5 Å². The summed E-state index contributed by atoms with van der Waals surface area (Å²) < 4.78 is 6.03. The number of thioether (sulfide) groups is 1. The van der Waals surface area contributed by atoms with Gasteiger partial charge in [0.1, 0.15) is 12.4 Å². The lowest BCUT2D eigenvalue weighted by Crippen LogP contribution is -2.36. The molecule has 0 unspecified atom stereocenters. The lowest BCUT2D eigenvalue weighted by atomic mass is 10.0. The van der Waals surface area contributed by atoms with Crippen LogP contribution in [0.15, 0.2) is 36.9 Å². The van der Waals surface area contributed by atoms with Crippen LogP contribution in [-0.2, 0) is 6.54 Å². The number of benzene rings is 1. The molecule has 112 valence electrons. The molecule has 0 heterocycles. The normalized spacial score (nSPS) is 11.3. The molecule has 1 rings (SSSR count). The van der Waals surface area contributed by atoms with E-state index in [1.54, 1.807) is 6.08 Å². The number of nitrogens with one attached hydrogen (secondary N) is 1. The van der Waals surface area contributed by atoms with E-state index in [-0.39, 0.29) is 0 Å². The van der Waals surface area contributed by atoms with Gasteiger partial charge in [0.15, 0.2) is 0 Å². The molecule has 0 fully saturated rings. The van der Waals surface area contributed by atoms with Gasteiger partial charge in [-0.15, -0.1) is 0 Å². The van der Waals surface area contributed by atoms with Gasteiger partial charge in [-0.2, -0.15) is 11.8 Å². The average molecular weight is 293 g/mol. The molecule has 0 aliphatic carbocycles. The van der Waals surface area contributed by atoms with Crippen molar-refractivity contribution in [1.82, 2.24) is 5.32 Å². The first kappa shape index (κ1) is 17.1. The number of para-hydroxylation sites is 1. The van der Waals surface area contributed by atoms with E-state index in [9.17, 15) is 0 Å². The van der Waals surface area contributed by atoms with Gasteiger partial charge >= 0.3 is 0 Å². The Labute approximate surface area is 128 Å². The van der Waals surface area contributed by atoms with Crippen molar-refractivity contribution in [1.29, 1.82) is 0 Å². The van der Waals surface area contributed by atoms with E-state index in [0.717, 1.165) is 18.8 Å². The molecule has 0 atom stereocenters. The zero-order valence-corrected chi connectivity index (χ0v) is 13.8. The third-order valence-corrected chi connectivity index (χ3v) is 5.40. The van der Waals surface area contributed by atoms with Crippen molar-refractivity contribution in [3.63, 3.8) is 0 Å². The summed E-state index contributed by atoms with van der Waals surface area (Å²) in [5, 5.41) is 3.59. The van der Waals surface area contributed by atoms with Crippen LogP contribution in [0.5, 0.6) is 5.75 Å². The molecule has 0 bridgehead atoms. The Morgan fingerprint density at radius 3 is 2.60 bits per heavy atom. The minimum absolute atomic E-state index is 0.344. The van der Waals surface area contributed by atoms with Gasteiger partial charge < -0.3 is 10.1 Å². The van der Waals surface area contributed by atoms with Crippen molar-refractivity contribution in [2.75, 3.05) is 19.4 Å². The molecule has 0 radical (unpaired) electrons. The molecule has 0 aliphatic rings. The smallest absolute Gasteiger partial charge is 0.124 e. The van der Waals surface area contributed by atoms with Crippen LogP contribution in [0.1, 0.15) is 32.3 Å². The fraction of sp³-hybridized carbons (Fsp3) is 0.529. The third-order valence-electron chi connectivity index (χ3n) is 3.81. The van der Waals surface area contributed by atoms with Gasteiger partial charge in [-0.25, -0.2) is 0 Å². The fourth-order valence-corrected chi connectivity index (χ4v) is 3.05. The van der Waals surface area contributed by atoms with Crippen molar-refractivity contribution in [3.8, 4) is 5.75 Å². The van der Waals surface area contributed by atoms with Crippen LogP contribution in [0.2, 0.25) is 0 Å². The van der Waals surface area contributed by atoms with Gasteiger partial charge in [-0.1, -0.05) is 44.7 Å². The Morgan fingerprint density at radius 2 is 2.00 bits per heavy atom. The highest BCUT2D eigenvalue weighted by molar-refractivity contribution is 8.00. The number of hydrogen-bond donors (Lipinski definition) is 1. The van der Waals surface area contributed by atoms with E-state index in [2.05, 4.69) is 44.1 Å². The quantitative estimate of drug-likeness (QED) is 0.651. The van der Waals surface area contributed by atoms with Crippen molar-refractivity contribution in [2.24, 2.45) is 0 Å². The van der Waals surface area contributed by atoms with E-state index in [0.29, 0.717) is 11.4 Å². The average Bonchev–Trinajstić information content (AvgIpc) is 2.51. The highest BCUT2D eigenvalue weighted by atomic mass is 32.2. The van der Waals surface area contributed by atoms with Gasteiger partial charge in [-0.3, -0.25) is 0 Å². The molecule has 0 spiro atoms. The maximum atomic E-state index is 5.68. The second kappa shape index (κ2) is 9.09. The highest BCUT2D eigenvalue weighted by Crippen LogP contribution is 2.29. The van der Waals surface area contributed by atoms with E-state index >= 15 is 0 Å². The molecule has 1 aromatic carbocycles. The molecule has 2 nitrogen and oxygen atoms in total. The molecule has 3 heteroatoms. The minimum atomic E-state index is 0.344. The summed E-state index contributed by atoms with van der Waals surface area (Å²) in [4.78, 5) is 0. The van der Waals surface area contributed by atoms with Crippen LogP contribution >= 0.6 is 11.8 Å². The summed E-state index contributed by atoms with van der Waals surface area (Å²) in [6, 6.07) is 8.19. The largest absolute Gasteiger partial charge is 0.489 e. The van der Waals surface area contributed by atoms with E-state index in [1.165, 1.54) is 18.4 Å². The summed E-state index contributed by atoms with van der Waals surface area (Å²) >= 11 is 1.96. The van der Waals surface area contributed by atoms with Crippen LogP contribution < -0.4 is 10.1 Å². The van der Waals surface area contributed by atoms with Gasteiger partial charge in [0.25, 0.3) is 0 Å². The maximum absolute atomic E-state index is 5.68. The Morgan fingerprint density at radius 1 is 1.30 bits per heavy atom. The van der Waals surface area contributed by atoms with Gasteiger partial charge in [-0.05, 0) is 25.2 Å². The van der Waals surface area contributed by atoms with E-state index in [1.807, 2.05) is 23.9 Å². The lowest BCUT2D eigenvalue weighted by Gasteiger charge is -2.30. The SMILES string of the molecule is C=CCOc1ccccc1CNCC(CC)(CC)SC. The van der Waals surface area contributed by atoms with Gasteiger partial charge in [0.05, 0.1) is 0 Å². The summed E-state index contributed by atoms with van der Waals surface area (Å²) in [7, 11) is 0. The zero-order chi connectivity index (χ0) is 14.8. The fourth-order valence-electron chi connectivity index (χ4n) is 2.23. The second-order valence-electron chi connectivity index (χ2n) is 4.91. The topological polar surface area (TPSA) is 21.3 Å². The molecule has 0 aliphatic heterocycles. The highest BCUT2D eigenvalue weighted by Gasteiger charge is 2.24. The first-order chi connectivity index (χ1) is 9.71. The van der Waals surface area contributed by atoms with Crippen LogP contribution in [0, 0.1) is 0 Å². The van der Waals surface area contributed by atoms with E-state index in [4.69, 9.17) is 4.74 Å². The van der Waals surface area contributed by atoms with E-state index < -0.39 is 0 Å². The van der Waals surface area contributed by atoms with Gasteiger partial charge in [0, 0.05) is 23.4 Å². The first-order valence-corrected chi connectivity index (χ1v) is 8.51. The summed E-state index contributed by atoms with van der Waals surface area (Å²) in [5.41, 5.74) is 1.21. The molecule has 0 aromatic heterocycles. The number of rotatable bonds is 10. The number of hydrogen-bond acceptors (Lipinski definition) is 3. The molecule has 1 aromatic rings. The molecular weight excluding hydrogens is 266 g/mol. The lowest BCUT2D eigenvalue weighted by molar-refractivity contribution is 0.357. The Balaban J connectivity index is 2.59. The monoisotopic (exact) mass is 293 g/mol. The molecule has 0 saturated heterocycles. The summed E-state index contributed by atoms with van der Waals surface area (Å²) in [6.07, 6.45) is 6.35. The van der Waals surface area contributed by atoms with Crippen LogP contribution in [0.3, 0.4) is 0 Å². The van der Waals surface area contributed by atoms with Crippen molar-refractivity contribution in [2.45, 2.75) is 38.0 Å². The molecular formula is C17H27NOS. The Hall–Kier alpha value is -0.930. The predicted molar refractivity (Wildman–Crippen MR) is 90.7 cm³/mol. The molecule has 0 saturated carbocycles. The standard InChI is InChI=1S/C17H27NOS/c1-5-12-19-16-11-9-8-10-15(16)13-18-14-17(6-2,7-3)20-4/h5,8-11,18H,1,6-7,12-14H2,2-4H3. The second-order valence-corrected chi connectivity index (χ2v) is 6.18. The minimum Gasteiger partial charge on any atom is -0.489 e. The molecule has 1 N–H and O–H groups in total. The maximum Gasteiger partial charge on any atom is 0.124 e. The van der Waals surface area contributed by atoms with Crippen LogP contribution in [-0.4, -0.2) is 24.2 Å². The first-order valence-electron chi connectivity index (χ1n) is 7.28. The third kappa shape index (κ3) is 4.88. The molecule has 0 amide bonds. The Kier molecular flexibility index (Phi) is 7.78. The Bertz CT molecular complexity index is 393. The number of ether oxygens (including phenoxy) is 1. The van der Waals surface area contributed by atoms with Gasteiger partial charge in [0.2, 0.25) is 0 Å². The van der Waals surface area contributed by atoms with Crippen LogP contribution in [0.25, 0.3) is 0 Å². The molecule has 20 heavy (non-hydrogen) atoms. The van der Waals surface area contributed by atoms with Crippen LogP contribution in [0.4, 0.5) is 0 Å². The summed E-state index contributed by atoms with van der Waals surface area (Å²) in [5.74, 6) is 0.947.